The molecule has 0 fully saturated rings. The fourth-order valence-electron chi connectivity index (χ4n) is 0.478. The van der Waals surface area contributed by atoms with Crippen molar-refractivity contribution in [1.82, 2.24) is 0 Å². The lowest BCUT2D eigenvalue weighted by atomic mass is 10.2. The zero-order valence-corrected chi connectivity index (χ0v) is 9.28. The third-order valence-corrected chi connectivity index (χ3v) is 2.22. The van der Waals surface area contributed by atoms with E-state index in [9.17, 15) is 0 Å². The lowest BCUT2D eigenvalue weighted by Gasteiger charge is -2.02. The SMILES string of the molecule is CC/C(C)=C/C#C[Si](C)(C)C. The smallest absolute Gasteiger partial charge is 0.127 e. The zero-order chi connectivity index (χ0) is 8.91. The van der Waals surface area contributed by atoms with Gasteiger partial charge in [-0.1, -0.05) is 38.1 Å². The van der Waals surface area contributed by atoms with Gasteiger partial charge in [-0.15, -0.1) is 5.54 Å². The van der Waals surface area contributed by atoms with Crippen LogP contribution in [0.2, 0.25) is 19.6 Å². The number of allylic oxidation sites excluding steroid dienone is 2. The van der Waals surface area contributed by atoms with Crippen molar-refractivity contribution in [2.45, 2.75) is 39.9 Å². The van der Waals surface area contributed by atoms with Crippen LogP contribution in [0.5, 0.6) is 0 Å². The highest BCUT2D eigenvalue weighted by Crippen LogP contribution is 1.98. The van der Waals surface area contributed by atoms with Crippen LogP contribution in [-0.2, 0) is 0 Å². The topological polar surface area (TPSA) is 0 Å². The molecule has 0 heterocycles. The van der Waals surface area contributed by atoms with E-state index in [4.69, 9.17) is 0 Å². The molecule has 0 aliphatic rings. The van der Waals surface area contributed by atoms with Gasteiger partial charge < -0.3 is 0 Å². The fraction of sp³-hybridized carbons (Fsp3) is 0.600. The monoisotopic (exact) mass is 166 g/mol. The van der Waals surface area contributed by atoms with Crippen LogP contribution >= 0.6 is 0 Å². The molecule has 0 spiro atoms. The van der Waals surface area contributed by atoms with Crippen molar-refractivity contribution in [3.05, 3.63) is 11.6 Å². The second kappa shape index (κ2) is 4.41. The van der Waals surface area contributed by atoms with E-state index in [0.29, 0.717) is 0 Å². The molecule has 0 atom stereocenters. The summed E-state index contributed by atoms with van der Waals surface area (Å²) < 4.78 is 0. The van der Waals surface area contributed by atoms with E-state index < -0.39 is 8.07 Å². The fourth-order valence-corrected chi connectivity index (χ4v) is 0.983. The minimum atomic E-state index is -1.14. The van der Waals surface area contributed by atoms with Gasteiger partial charge in [-0.25, -0.2) is 0 Å². The largest absolute Gasteiger partial charge is 0.129 e. The molecule has 0 saturated heterocycles. The lowest BCUT2D eigenvalue weighted by molar-refractivity contribution is 1.10. The Kier molecular flexibility index (Phi) is 4.21. The van der Waals surface area contributed by atoms with E-state index in [0.717, 1.165) is 6.42 Å². The minimum Gasteiger partial charge on any atom is -0.127 e. The van der Waals surface area contributed by atoms with Crippen LogP contribution in [0, 0.1) is 11.5 Å². The Hall–Kier alpha value is -0.483. The first kappa shape index (κ1) is 10.5. The molecule has 0 unspecified atom stereocenters. The molecule has 1 heteroatoms. The molecule has 0 saturated carbocycles. The number of rotatable bonds is 1. The Morgan fingerprint density at radius 1 is 1.36 bits per heavy atom. The molecule has 62 valence electrons. The summed E-state index contributed by atoms with van der Waals surface area (Å²) in [4.78, 5) is 0. The summed E-state index contributed by atoms with van der Waals surface area (Å²) in [5, 5.41) is 0. The van der Waals surface area contributed by atoms with E-state index in [1.807, 2.05) is 6.08 Å². The average molecular weight is 166 g/mol. The van der Waals surface area contributed by atoms with E-state index >= 15 is 0 Å². The summed E-state index contributed by atoms with van der Waals surface area (Å²) >= 11 is 0. The summed E-state index contributed by atoms with van der Waals surface area (Å²) in [7, 11) is -1.14. The van der Waals surface area contributed by atoms with Gasteiger partial charge in [0.05, 0.1) is 0 Å². The van der Waals surface area contributed by atoms with Gasteiger partial charge in [0.1, 0.15) is 8.07 Å². The second-order valence-corrected chi connectivity index (χ2v) is 8.61. The van der Waals surface area contributed by atoms with Crippen LogP contribution in [0.25, 0.3) is 0 Å². The molecule has 0 bridgehead atoms. The second-order valence-electron chi connectivity index (χ2n) is 3.86. The van der Waals surface area contributed by atoms with Gasteiger partial charge in [-0.2, -0.15) is 0 Å². The maximum Gasteiger partial charge on any atom is 0.129 e. The Morgan fingerprint density at radius 2 is 1.91 bits per heavy atom. The van der Waals surface area contributed by atoms with E-state index in [1.54, 1.807) is 0 Å². The van der Waals surface area contributed by atoms with Gasteiger partial charge in [0, 0.05) is 0 Å². The molecular weight excluding hydrogens is 148 g/mol. The Bertz CT molecular complexity index is 195. The summed E-state index contributed by atoms with van der Waals surface area (Å²) in [5.74, 6) is 3.13. The summed E-state index contributed by atoms with van der Waals surface area (Å²) in [6, 6.07) is 0. The Balaban J connectivity index is 4.11. The molecular formula is C10H18Si. The third kappa shape index (κ3) is 7.41. The molecule has 0 aromatic heterocycles. The van der Waals surface area contributed by atoms with Crippen molar-refractivity contribution in [1.29, 1.82) is 0 Å². The van der Waals surface area contributed by atoms with Crippen LogP contribution in [-0.4, -0.2) is 8.07 Å². The molecule has 0 aromatic carbocycles. The van der Waals surface area contributed by atoms with E-state index in [1.165, 1.54) is 5.57 Å². The number of hydrogen-bond acceptors (Lipinski definition) is 0. The van der Waals surface area contributed by atoms with Gasteiger partial charge in [0.15, 0.2) is 0 Å². The highest BCUT2D eigenvalue weighted by atomic mass is 28.3. The van der Waals surface area contributed by atoms with Gasteiger partial charge in [0.25, 0.3) is 0 Å². The molecule has 0 nitrogen and oxygen atoms in total. The quantitative estimate of drug-likeness (QED) is 0.414. The molecule has 0 aliphatic carbocycles. The predicted octanol–water partition coefficient (Wildman–Crippen LogP) is 3.22. The van der Waals surface area contributed by atoms with Crippen LogP contribution in [0.1, 0.15) is 20.3 Å². The molecule has 0 radical (unpaired) electrons. The zero-order valence-electron chi connectivity index (χ0n) is 8.28. The van der Waals surface area contributed by atoms with Gasteiger partial charge in [-0.05, 0) is 19.4 Å². The summed E-state index contributed by atoms with van der Waals surface area (Å²) in [6.07, 6.45) is 3.15. The molecule has 0 rings (SSSR count). The van der Waals surface area contributed by atoms with E-state index in [2.05, 4.69) is 45.0 Å². The molecule has 0 aromatic rings. The molecule has 0 aliphatic heterocycles. The van der Waals surface area contributed by atoms with Crippen molar-refractivity contribution >= 4 is 8.07 Å². The van der Waals surface area contributed by atoms with Crippen LogP contribution in [0.4, 0.5) is 0 Å². The lowest BCUT2D eigenvalue weighted by Crippen LogP contribution is -2.16. The first-order chi connectivity index (χ1) is 4.95. The Labute approximate surface area is 71.7 Å². The summed E-state index contributed by atoms with van der Waals surface area (Å²) in [6.45, 7) is 11.1. The Morgan fingerprint density at radius 3 is 2.27 bits per heavy atom. The average Bonchev–Trinajstić information content (AvgIpc) is 1.85. The first-order valence-corrected chi connectivity index (χ1v) is 7.64. The maximum absolute atomic E-state index is 3.30. The number of hydrogen-bond donors (Lipinski definition) is 0. The van der Waals surface area contributed by atoms with Crippen LogP contribution < -0.4 is 0 Å². The van der Waals surface area contributed by atoms with Crippen molar-refractivity contribution < 1.29 is 0 Å². The standard InChI is InChI=1S/C10H18Si/c1-6-10(2)8-7-9-11(3,4)5/h8H,6H2,1-5H3/b10-8+. The highest BCUT2D eigenvalue weighted by molar-refractivity contribution is 6.83. The molecule has 11 heavy (non-hydrogen) atoms. The van der Waals surface area contributed by atoms with Crippen molar-refractivity contribution in [2.75, 3.05) is 0 Å². The molecule has 0 amide bonds. The summed E-state index contributed by atoms with van der Waals surface area (Å²) in [5.41, 5.74) is 4.67. The van der Waals surface area contributed by atoms with Gasteiger partial charge in [0.2, 0.25) is 0 Å². The third-order valence-electron chi connectivity index (χ3n) is 1.32. The maximum atomic E-state index is 3.30. The van der Waals surface area contributed by atoms with Crippen LogP contribution in [0.15, 0.2) is 11.6 Å². The van der Waals surface area contributed by atoms with E-state index in [-0.39, 0.29) is 0 Å². The molecule has 0 N–H and O–H groups in total. The minimum absolute atomic E-state index is 1.11. The first-order valence-electron chi connectivity index (χ1n) is 4.14. The highest BCUT2D eigenvalue weighted by Gasteiger charge is 2.06. The van der Waals surface area contributed by atoms with Gasteiger partial charge in [-0.3, -0.25) is 0 Å². The van der Waals surface area contributed by atoms with Crippen molar-refractivity contribution in [2.24, 2.45) is 0 Å². The predicted molar refractivity (Wildman–Crippen MR) is 55.2 cm³/mol. The van der Waals surface area contributed by atoms with Crippen LogP contribution in [0.3, 0.4) is 0 Å². The van der Waals surface area contributed by atoms with Crippen molar-refractivity contribution in [3.63, 3.8) is 0 Å². The van der Waals surface area contributed by atoms with Crippen molar-refractivity contribution in [3.8, 4) is 11.5 Å². The normalized spacial score (nSPS) is 12.3. The van der Waals surface area contributed by atoms with Gasteiger partial charge >= 0.3 is 0 Å².